The molecule has 4 heteroatoms. The van der Waals surface area contributed by atoms with Gasteiger partial charge in [-0.15, -0.1) is 11.3 Å². The number of hydrogen-bond donors (Lipinski definition) is 0. The van der Waals surface area contributed by atoms with Gasteiger partial charge in [-0.2, -0.15) is 9.83 Å². The van der Waals surface area contributed by atoms with Gasteiger partial charge in [0.1, 0.15) is 17.8 Å². The van der Waals surface area contributed by atoms with E-state index in [0.717, 1.165) is 27.5 Å². The van der Waals surface area contributed by atoms with Crippen LogP contribution in [-0.2, 0) is 7.05 Å². The van der Waals surface area contributed by atoms with Crippen molar-refractivity contribution in [1.82, 2.24) is 4.57 Å². The molecule has 38 heavy (non-hydrogen) atoms. The molecule has 0 aliphatic heterocycles. The molecule has 0 aliphatic carbocycles. The highest BCUT2D eigenvalue weighted by molar-refractivity contribution is 7.26. The van der Waals surface area contributed by atoms with Gasteiger partial charge in [0.05, 0.1) is 22.2 Å². The summed E-state index contributed by atoms with van der Waals surface area (Å²) in [6.07, 6.45) is 2.18. The van der Waals surface area contributed by atoms with Crippen LogP contribution in [0.1, 0.15) is 22.3 Å². The molecule has 7 rings (SSSR count). The molecule has 0 fully saturated rings. The van der Waals surface area contributed by atoms with E-state index in [1.54, 1.807) is 0 Å². The molecule has 3 heterocycles. The van der Waals surface area contributed by atoms with Crippen LogP contribution >= 0.6 is 11.3 Å². The molecule has 0 amide bonds. The highest BCUT2D eigenvalue weighted by Crippen LogP contribution is 2.41. The van der Waals surface area contributed by atoms with Gasteiger partial charge >= 0.3 is 0 Å². The molecule has 182 valence electrons. The number of nitriles is 1. The highest BCUT2D eigenvalue weighted by Gasteiger charge is 2.22. The summed E-state index contributed by atoms with van der Waals surface area (Å²) in [7, 11) is 2.14. The first-order valence-electron chi connectivity index (χ1n) is 12.8. The Kier molecular flexibility index (Phi) is 4.95. The van der Waals surface area contributed by atoms with Crippen molar-refractivity contribution in [3.63, 3.8) is 0 Å². The number of aromatic nitrogens is 2. The zero-order chi connectivity index (χ0) is 26.1. The second-order valence-electron chi connectivity index (χ2n) is 10.2. The Labute approximate surface area is 225 Å². The van der Waals surface area contributed by atoms with Crippen molar-refractivity contribution in [2.75, 3.05) is 0 Å². The number of benzene rings is 4. The number of para-hydroxylation sites is 2. The zero-order valence-electron chi connectivity index (χ0n) is 21.8. The number of aryl methyl sites for hydroxylation is 3. The Morgan fingerprint density at radius 1 is 0.816 bits per heavy atom. The van der Waals surface area contributed by atoms with E-state index in [1.165, 1.54) is 48.1 Å². The monoisotopic (exact) mass is 508 g/mol. The maximum absolute atomic E-state index is 9.96. The van der Waals surface area contributed by atoms with Gasteiger partial charge in [-0.3, -0.25) is 0 Å². The molecule has 0 N–H and O–H groups in total. The molecular formula is C34H26N3S+. The van der Waals surface area contributed by atoms with Crippen LogP contribution in [-0.4, -0.2) is 4.57 Å². The third kappa shape index (κ3) is 3.16. The number of pyridine rings is 1. The Balaban J connectivity index is 1.54. The summed E-state index contributed by atoms with van der Waals surface area (Å²) in [6.45, 7) is 6.60. The lowest BCUT2D eigenvalue weighted by molar-refractivity contribution is -0.659. The van der Waals surface area contributed by atoms with Gasteiger partial charge in [0.25, 0.3) is 0 Å². The molecule has 0 aliphatic rings. The Morgan fingerprint density at radius 3 is 2.47 bits per heavy atom. The molecule has 3 aromatic heterocycles. The van der Waals surface area contributed by atoms with Crippen LogP contribution < -0.4 is 4.57 Å². The molecule has 0 saturated carbocycles. The van der Waals surface area contributed by atoms with Crippen LogP contribution in [0.15, 0.2) is 85.1 Å². The van der Waals surface area contributed by atoms with E-state index in [1.807, 2.05) is 23.5 Å². The van der Waals surface area contributed by atoms with Crippen LogP contribution in [0.4, 0.5) is 0 Å². The molecule has 7 aromatic rings. The van der Waals surface area contributed by atoms with Crippen LogP contribution in [0, 0.1) is 32.1 Å². The van der Waals surface area contributed by atoms with Crippen molar-refractivity contribution in [1.29, 1.82) is 5.26 Å². The topological polar surface area (TPSA) is 32.6 Å². The molecule has 0 spiro atoms. The average Bonchev–Trinajstić information content (AvgIpc) is 3.46. The van der Waals surface area contributed by atoms with E-state index in [9.17, 15) is 5.26 Å². The van der Waals surface area contributed by atoms with Crippen molar-refractivity contribution in [2.45, 2.75) is 20.8 Å². The first kappa shape index (κ1) is 22.7. The minimum absolute atomic E-state index is 0.690. The fraction of sp³-hybridized carbons (Fsp3) is 0.118. The molecule has 0 unspecified atom stereocenters. The maximum atomic E-state index is 9.96. The molecule has 0 atom stereocenters. The van der Waals surface area contributed by atoms with Gasteiger partial charge in [0, 0.05) is 38.0 Å². The average molecular weight is 509 g/mol. The van der Waals surface area contributed by atoms with Crippen molar-refractivity contribution < 1.29 is 4.57 Å². The summed E-state index contributed by atoms with van der Waals surface area (Å²) in [6, 6.07) is 30.4. The quantitative estimate of drug-likeness (QED) is 0.216. The normalized spacial score (nSPS) is 11.7. The number of thiophene rings is 1. The van der Waals surface area contributed by atoms with Crippen molar-refractivity contribution >= 4 is 53.3 Å². The van der Waals surface area contributed by atoms with Crippen molar-refractivity contribution in [3.05, 3.63) is 107 Å². The summed E-state index contributed by atoms with van der Waals surface area (Å²) >= 11 is 1.85. The number of hydrogen-bond acceptors (Lipinski definition) is 2. The fourth-order valence-corrected chi connectivity index (χ4v) is 7.31. The predicted molar refractivity (Wildman–Crippen MR) is 159 cm³/mol. The fourth-order valence-electron chi connectivity index (χ4n) is 5.98. The van der Waals surface area contributed by atoms with Crippen LogP contribution in [0.25, 0.3) is 58.9 Å². The van der Waals surface area contributed by atoms with E-state index in [2.05, 4.69) is 116 Å². The Morgan fingerprint density at radius 2 is 1.63 bits per heavy atom. The van der Waals surface area contributed by atoms with Crippen LogP contribution in [0.2, 0.25) is 0 Å². The van der Waals surface area contributed by atoms with E-state index >= 15 is 0 Å². The molecule has 0 bridgehead atoms. The second-order valence-corrected chi connectivity index (χ2v) is 11.3. The lowest BCUT2D eigenvalue weighted by Gasteiger charge is -2.10. The third-order valence-corrected chi connectivity index (χ3v) is 9.06. The summed E-state index contributed by atoms with van der Waals surface area (Å²) in [5.74, 6) is 0. The van der Waals surface area contributed by atoms with Gasteiger partial charge in [0.2, 0.25) is 5.69 Å². The number of fused-ring (bicyclic) bond motifs is 6. The van der Waals surface area contributed by atoms with Gasteiger partial charge in [-0.1, -0.05) is 48.0 Å². The molecule has 0 saturated heterocycles. The Bertz CT molecular complexity index is 2140. The molecule has 0 radical (unpaired) electrons. The predicted octanol–water partition coefficient (Wildman–Crippen LogP) is 8.44. The lowest BCUT2D eigenvalue weighted by Crippen LogP contribution is -2.30. The number of nitrogens with zero attached hydrogens (tertiary/aromatic N) is 3. The SMILES string of the molecule is Cc1cc(C)c(C)c(-c2c3sc4cc(-n5c6ccccc6c6cccc(C#N)c65)ccc4c3cc[n+]2C)c1. The van der Waals surface area contributed by atoms with E-state index in [-0.39, 0.29) is 0 Å². The van der Waals surface area contributed by atoms with Gasteiger partial charge in [-0.25, -0.2) is 0 Å². The Hall–Kier alpha value is -4.46. The summed E-state index contributed by atoms with van der Waals surface area (Å²) in [5, 5.41) is 14.8. The van der Waals surface area contributed by atoms with E-state index in [4.69, 9.17) is 0 Å². The lowest BCUT2D eigenvalue weighted by atomic mass is 9.96. The molecule has 3 nitrogen and oxygen atoms in total. The third-order valence-electron chi connectivity index (χ3n) is 7.88. The number of rotatable bonds is 2. The first-order chi connectivity index (χ1) is 18.5. The minimum atomic E-state index is 0.690. The molecule has 4 aromatic carbocycles. The smallest absolute Gasteiger partial charge is 0.230 e. The van der Waals surface area contributed by atoms with E-state index < -0.39 is 0 Å². The van der Waals surface area contributed by atoms with Gasteiger partial charge in [-0.05, 0) is 62.2 Å². The molecular weight excluding hydrogens is 482 g/mol. The summed E-state index contributed by atoms with van der Waals surface area (Å²) in [5.41, 5.74) is 10.3. The van der Waals surface area contributed by atoms with Crippen LogP contribution in [0.3, 0.4) is 0 Å². The highest BCUT2D eigenvalue weighted by atomic mass is 32.1. The van der Waals surface area contributed by atoms with Gasteiger partial charge < -0.3 is 4.57 Å². The largest absolute Gasteiger partial charge is 0.308 e. The summed E-state index contributed by atoms with van der Waals surface area (Å²) < 4.78 is 7.05. The van der Waals surface area contributed by atoms with Gasteiger partial charge in [0.15, 0.2) is 6.20 Å². The van der Waals surface area contributed by atoms with E-state index in [0.29, 0.717) is 5.56 Å². The standard InChI is InChI=1S/C34H26N3S/c1-20-16-21(2)22(3)29(17-20)33-34-28(14-15-36(33)4)26-13-12-24(18-31(26)38-34)37-30-11-6-5-9-25(30)27-10-7-8-23(19-35)32(27)37/h5-18H,1-4H3/q+1. The minimum Gasteiger partial charge on any atom is -0.308 e. The van der Waals surface area contributed by atoms with Crippen molar-refractivity contribution in [2.24, 2.45) is 7.05 Å². The second kappa shape index (κ2) is 8.28. The maximum Gasteiger partial charge on any atom is 0.230 e. The van der Waals surface area contributed by atoms with Crippen molar-refractivity contribution in [3.8, 4) is 23.0 Å². The summed E-state index contributed by atoms with van der Waals surface area (Å²) in [4.78, 5) is 0. The van der Waals surface area contributed by atoms with Crippen LogP contribution in [0.5, 0.6) is 0 Å². The first-order valence-corrected chi connectivity index (χ1v) is 13.6. The zero-order valence-corrected chi connectivity index (χ0v) is 22.6.